The van der Waals surface area contributed by atoms with Gasteiger partial charge in [0.15, 0.2) is 0 Å². The Morgan fingerprint density at radius 2 is 1.83 bits per heavy atom. The van der Waals surface area contributed by atoms with Crippen molar-refractivity contribution in [1.29, 1.82) is 0 Å². The van der Waals surface area contributed by atoms with Gasteiger partial charge in [0.2, 0.25) is 5.91 Å². The zero-order valence-corrected chi connectivity index (χ0v) is 10.8. The van der Waals surface area contributed by atoms with E-state index in [0.29, 0.717) is 6.42 Å². The fraction of sp³-hybridized carbons (Fsp3) is 0.385. The number of nitrogens with one attached hydrogen (secondary N) is 1. The lowest BCUT2D eigenvalue weighted by atomic mass is 10.1. The molecule has 0 aliphatic rings. The van der Waals surface area contributed by atoms with Crippen molar-refractivity contribution in [3.05, 3.63) is 29.8 Å². The van der Waals surface area contributed by atoms with Crippen LogP contribution in [0.3, 0.4) is 0 Å². The van der Waals surface area contributed by atoms with Gasteiger partial charge in [-0.3, -0.25) is 9.59 Å². The van der Waals surface area contributed by atoms with E-state index in [2.05, 4.69) is 5.32 Å². The average Bonchev–Trinajstić information content (AvgIpc) is 2.31. The van der Waals surface area contributed by atoms with E-state index in [1.807, 2.05) is 12.1 Å². The summed E-state index contributed by atoms with van der Waals surface area (Å²) in [4.78, 5) is 23.7. The van der Waals surface area contributed by atoms with Gasteiger partial charge in [-0.05, 0) is 24.6 Å². The number of likely N-dealkylation sites (N-methyl/N-ethyl adjacent to an activating group) is 1. The molecule has 0 bridgehead atoms. The predicted molar refractivity (Wildman–Crippen MR) is 69.6 cm³/mol. The molecule has 0 fully saturated rings. The fourth-order valence-corrected chi connectivity index (χ4v) is 1.36. The smallest absolute Gasteiger partial charge is 0.325 e. The number of amides is 1. The Hall–Kier alpha value is -2.04. The van der Waals surface area contributed by atoms with E-state index in [4.69, 9.17) is 5.11 Å². The van der Waals surface area contributed by atoms with Crippen LogP contribution in [0.15, 0.2) is 24.3 Å². The lowest BCUT2D eigenvalue weighted by Gasteiger charge is -2.12. The van der Waals surface area contributed by atoms with Gasteiger partial charge in [-0.1, -0.05) is 12.1 Å². The molecule has 18 heavy (non-hydrogen) atoms. The standard InChI is InChI=1S/C13H18N2O3/c1-9(13(17)18)14-11-6-4-10(5-7-11)8-12(16)15(2)3/h4-7,9,14H,8H2,1-3H3,(H,17,18). The Bertz CT molecular complexity index is 426. The van der Waals surface area contributed by atoms with Crippen molar-refractivity contribution in [2.75, 3.05) is 19.4 Å². The molecule has 0 heterocycles. The number of nitrogens with zero attached hydrogens (tertiary/aromatic N) is 1. The number of hydrogen-bond donors (Lipinski definition) is 2. The molecule has 1 atom stereocenters. The van der Waals surface area contributed by atoms with Gasteiger partial charge in [0, 0.05) is 19.8 Å². The highest BCUT2D eigenvalue weighted by Crippen LogP contribution is 2.11. The molecular weight excluding hydrogens is 232 g/mol. The summed E-state index contributed by atoms with van der Waals surface area (Å²) in [7, 11) is 3.43. The SMILES string of the molecule is CC(Nc1ccc(CC(=O)N(C)C)cc1)C(=O)O. The van der Waals surface area contributed by atoms with Crippen LogP contribution in [0.1, 0.15) is 12.5 Å². The Kier molecular flexibility index (Phi) is 4.71. The number of carbonyl (C=O) groups excluding carboxylic acids is 1. The second-order valence-corrected chi connectivity index (χ2v) is 4.37. The summed E-state index contributed by atoms with van der Waals surface area (Å²) in [5.41, 5.74) is 1.63. The molecule has 0 saturated heterocycles. The van der Waals surface area contributed by atoms with E-state index >= 15 is 0 Å². The van der Waals surface area contributed by atoms with E-state index in [-0.39, 0.29) is 5.91 Å². The lowest BCUT2D eigenvalue weighted by Crippen LogP contribution is -2.25. The van der Waals surface area contributed by atoms with E-state index < -0.39 is 12.0 Å². The minimum absolute atomic E-state index is 0.0367. The van der Waals surface area contributed by atoms with Crippen molar-refractivity contribution in [2.24, 2.45) is 0 Å². The van der Waals surface area contributed by atoms with E-state index in [9.17, 15) is 9.59 Å². The quantitative estimate of drug-likeness (QED) is 0.824. The molecule has 2 N–H and O–H groups in total. The Morgan fingerprint density at radius 1 is 1.28 bits per heavy atom. The molecule has 5 nitrogen and oxygen atoms in total. The molecule has 1 aromatic rings. The molecule has 0 spiro atoms. The molecule has 1 amide bonds. The number of rotatable bonds is 5. The van der Waals surface area contributed by atoms with Gasteiger partial charge in [0.05, 0.1) is 6.42 Å². The summed E-state index contributed by atoms with van der Waals surface area (Å²) < 4.78 is 0. The number of aliphatic carboxylic acids is 1. The first kappa shape index (κ1) is 14.0. The van der Waals surface area contributed by atoms with E-state index in [1.165, 1.54) is 0 Å². The summed E-state index contributed by atoms with van der Waals surface area (Å²) in [5.74, 6) is -0.864. The van der Waals surface area contributed by atoms with Crippen molar-refractivity contribution >= 4 is 17.6 Å². The molecule has 0 saturated carbocycles. The maximum atomic E-state index is 11.5. The zero-order chi connectivity index (χ0) is 13.7. The van der Waals surface area contributed by atoms with Crippen LogP contribution in [0.25, 0.3) is 0 Å². The summed E-state index contributed by atoms with van der Waals surface area (Å²) in [6, 6.07) is 6.55. The first-order valence-corrected chi connectivity index (χ1v) is 5.68. The lowest BCUT2D eigenvalue weighted by molar-refractivity contribution is -0.137. The van der Waals surface area contributed by atoms with Crippen LogP contribution in [0.4, 0.5) is 5.69 Å². The molecule has 0 radical (unpaired) electrons. The minimum Gasteiger partial charge on any atom is -0.480 e. The van der Waals surface area contributed by atoms with Crippen LogP contribution in [0, 0.1) is 0 Å². The average molecular weight is 250 g/mol. The molecule has 1 unspecified atom stereocenters. The summed E-state index contributed by atoms with van der Waals surface area (Å²) in [5, 5.41) is 11.6. The third-order valence-corrected chi connectivity index (χ3v) is 2.56. The van der Waals surface area contributed by atoms with Crippen molar-refractivity contribution < 1.29 is 14.7 Å². The summed E-state index contributed by atoms with van der Waals surface area (Å²) >= 11 is 0. The summed E-state index contributed by atoms with van der Waals surface area (Å²) in [6.45, 7) is 1.58. The Balaban J connectivity index is 2.63. The molecular formula is C13H18N2O3. The number of carboxylic acid groups (broad SMARTS) is 1. The molecule has 0 aliphatic carbocycles. The minimum atomic E-state index is -0.901. The summed E-state index contributed by atoms with van der Waals surface area (Å²) in [6.07, 6.45) is 0.349. The largest absolute Gasteiger partial charge is 0.480 e. The van der Waals surface area contributed by atoms with Crippen molar-refractivity contribution in [3.8, 4) is 0 Å². The van der Waals surface area contributed by atoms with Gasteiger partial charge in [-0.25, -0.2) is 0 Å². The third kappa shape index (κ3) is 4.08. The maximum absolute atomic E-state index is 11.5. The van der Waals surface area contributed by atoms with Gasteiger partial charge in [-0.2, -0.15) is 0 Å². The number of carbonyl (C=O) groups is 2. The first-order chi connectivity index (χ1) is 8.40. The van der Waals surface area contributed by atoms with E-state index in [1.54, 1.807) is 38.1 Å². The van der Waals surface area contributed by atoms with Gasteiger partial charge in [-0.15, -0.1) is 0 Å². The first-order valence-electron chi connectivity index (χ1n) is 5.68. The molecule has 0 aromatic heterocycles. The Morgan fingerprint density at radius 3 is 2.28 bits per heavy atom. The third-order valence-electron chi connectivity index (χ3n) is 2.56. The predicted octanol–water partition coefficient (Wildman–Crippen LogP) is 1.20. The van der Waals surface area contributed by atoms with Crippen molar-refractivity contribution in [2.45, 2.75) is 19.4 Å². The number of hydrogen-bond acceptors (Lipinski definition) is 3. The van der Waals surface area contributed by atoms with Crippen molar-refractivity contribution in [3.63, 3.8) is 0 Å². The molecule has 98 valence electrons. The van der Waals surface area contributed by atoms with Gasteiger partial charge < -0.3 is 15.3 Å². The topological polar surface area (TPSA) is 69.6 Å². The molecule has 1 aromatic carbocycles. The second kappa shape index (κ2) is 6.05. The van der Waals surface area contributed by atoms with Crippen molar-refractivity contribution in [1.82, 2.24) is 4.90 Å². The molecule has 0 aliphatic heterocycles. The van der Waals surface area contributed by atoms with Gasteiger partial charge in [0.25, 0.3) is 0 Å². The Labute approximate surface area is 106 Å². The molecule has 1 rings (SSSR count). The van der Waals surface area contributed by atoms with Gasteiger partial charge >= 0.3 is 5.97 Å². The van der Waals surface area contributed by atoms with Crippen LogP contribution in [0.2, 0.25) is 0 Å². The van der Waals surface area contributed by atoms with Gasteiger partial charge in [0.1, 0.15) is 6.04 Å². The van der Waals surface area contributed by atoms with Crippen LogP contribution in [-0.2, 0) is 16.0 Å². The van der Waals surface area contributed by atoms with E-state index in [0.717, 1.165) is 11.3 Å². The number of carboxylic acids is 1. The molecule has 5 heteroatoms. The maximum Gasteiger partial charge on any atom is 0.325 e. The normalized spacial score (nSPS) is 11.7. The number of benzene rings is 1. The fourth-order valence-electron chi connectivity index (χ4n) is 1.36. The second-order valence-electron chi connectivity index (χ2n) is 4.37. The van der Waals surface area contributed by atoms with Crippen LogP contribution in [0.5, 0.6) is 0 Å². The number of anilines is 1. The van der Waals surface area contributed by atoms with Crippen LogP contribution < -0.4 is 5.32 Å². The highest BCUT2D eigenvalue weighted by molar-refractivity contribution is 5.79. The monoisotopic (exact) mass is 250 g/mol. The highest BCUT2D eigenvalue weighted by Gasteiger charge is 2.10. The van der Waals surface area contributed by atoms with Crippen LogP contribution in [-0.4, -0.2) is 42.0 Å². The van der Waals surface area contributed by atoms with Crippen LogP contribution >= 0.6 is 0 Å². The zero-order valence-electron chi connectivity index (χ0n) is 10.8. The highest BCUT2D eigenvalue weighted by atomic mass is 16.4.